The Bertz CT molecular complexity index is 1660. The number of amides is 1. The third kappa shape index (κ3) is 6.11. The second-order valence-corrected chi connectivity index (χ2v) is 14.0. The molecular formula is C39H46N2O2. The average molecular weight is 575 g/mol. The van der Waals surface area contributed by atoms with Gasteiger partial charge in [0, 0.05) is 28.5 Å². The number of benzene rings is 3. The minimum absolute atomic E-state index is 0.0137. The number of nitrogens with zero attached hydrogens (tertiary/aromatic N) is 1. The molecule has 0 spiro atoms. The molecular weight excluding hydrogens is 528 g/mol. The summed E-state index contributed by atoms with van der Waals surface area (Å²) in [6.07, 6.45) is 6.34. The third-order valence-corrected chi connectivity index (χ3v) is 8.68. The maximum absolute atomic E-state index is 14.7. The predicted octanol–water partition coefficient (Wildman–Crippen LogP) is 10.3. The van der Waals surface area contributed by atoms with E-state index in [2.05, 4.69) is 95.9 Å². The Morgan fingerprint density at radius 3 is 2.21 bits per heavy atom. The van der Waals surface area contributed by atoms with Crippen LogP contribution in [0.1, 0.15) is 108 Å². The highest BCUT2D eigenvalue weighted by molar-refractivity contribution is 6.12. The van der Waals surface area contributed by atoms with E-state index in [1.165, 1.54) is 0 Å². The van der Waals surface area contributed by atoms with Gasteiger partial charge >= 0.3 is 0 Å². The molecule has 1 aromatic heterocycles. The first-order valence-electron chi connectivity index (χ1n) is 15.8. The zero-order valence-electron chi connectivity index (χ0n) is 26.9. The number of rotatable bonds is 8. The minimum Gasteiger partial charge on any atom is -0.353 e. The van der Waals surface area contributed by atoms with Crippen LogP contribution in [0.4, 0.5) is 5.69 Å². The lowest BCUT2D eigenvalue weighted by atomic mass is 9.72. The second kappa shape index (κ2) is 12.0. The molecule has 224 valence electrons. The number of unbranched alkanes of at least 4 members (excludes halogenated alkanes) is 3. The molecule has 43 heavy (non-hydrogen) atoms. The highest BCUT2D eigenvalue weighted by Gasteiger charge is 2.41. The molecule has 1 aliphatic rings. The van der Waals surface area contributed by atoms with Gasteiger partial charge < -0.3 is 4.98 Å². The van der Waals surface area contributed by atoms with Gasteiger partial charge in [-0.15, -0.1) is 0 Å². The van der Waals surface area contributed by atoms with Gasteiger partial charge in [-0.25, -0.2) is 0 Å². The maximum Gasteiger partial charge on any atom is 0.227 e. The average Bonchev–Trinajstić information content (AvgIpc) is 3.35. The van der Waals surface area contributed by atoms with Crippen LogP contribution < -0.4 is 4.90 Å². The van der Waals surface area contributed by atoms with E-state index in [0.717, 1.165) is 70.2 Å². The van der Waals surface area contributed by atoms with Gasteiger partial charge in [0.1, 0.15) is 0 Å². The van der Waals surface area contributed by atoms with Gasteiger partial charge in [0.15, 0.2) is 5.78 Å². The number of fused-ring (bicyclic) bond motifs is 2. The minimum atomic E-state index is -0.415. The summed E-state index contributed by atoms with van der Waals surface area (Å²) in [5.41, 5.74) is 7.01. The van der Waals surface area contributed by atoms with Gasteiger partial charge in [0.2, 0.25) is 5.91 Å². The number of hydrogen-bond donors (Lipinski definition) is 1. The highest BCUT2D eigenvalue weighted by Crippen LogP contribution is 2.50. The fraction of sp³-hybridized carbons (Fsp3) is 0.385. The maximum atomic E-state index is 14.7. The van der Waals surface area contributed by atoms with E-state index >= 15 is 0 Å². The van der Waals surface area contributed by atoms with E-state index < -0.39 is 6.04 Å². The lowest BCUT2D eigenvalue weighted by Crippen LogP contribution is -2.41. The molecule has 4 nitrogen and oxygen atoms in total. The van der Waals surface area contributed by atoms with Crippen molar-refractivity contribution in [2.24, 2.45) is 5.41 Å². The molecule has 0 unspecified atom stereocenters. The summed E-state index contributed by atoms with van der Waals surface area (Å²) in [4.78, 5) is 34.2. The first kappa shape index (κ1) is 30.5. The SMILES string of the molecule is CCCCCCC(=O)N(c1c(-c2ccccc2)[nH]c2ccccc12)[C@@H]1C(C(C)(C)C)=CC(=O)c2cc(C(C)(C)C)ccc21. The van der Waals surface area contributed by atoms with Crippen LogP contribution in [0, 0.1) is 5.41 Å². The molecule has 0 bridgehead atoms. The van der Waals surface area contributed by atoms with Crippen LogP contribution in [0.25, 0.3) is 22.2 Å². The number of carbonyl (C=O) groups excluding carboxylic acids is 2. The van der Waals surface area contributed by atoms with Crippen molar-refractivity contribution in [3.05, 3.63) is 101 Å². The van der Waals surface area contributed by atoms with Crippen LogP contribution in [0.2, 0.25) is 0 Å². The number of hydrogen-bond acceptors (Lipinski definition) is 2. The van der Waals surface area contributed by atoms with E-state index in [9.17, 15) is 9.59 Å². The Labute approximate surface area is 257 Å². The fourth-order valence-corrected chi connectivity index (χ4v) is 6.26. The zero-order chi connectivity index (χ0) is 30.9. The van der Waals surface area contributed by atoms with Crippen molar-refractivity contribution in [3.63, 3.8) is 0 Å². The van der Waals surface area contributed by atoms with Gasteiger partial charge in [0.25, 0.3) is 0 Å². The van der Waals surface area contributed by atoms with E-state index in [1.807, 2.05) is 41.3 Å². The van der Waals surface area contributed by atoms with Gasteiger partial charge in [-0.2, -0.15) is 0 Å². The second-order valence-electron chi connectivity index (χ2n) is 14.0. The Kier molecular flexibility index (Phi) is 8.51. The summed E-state index contributed by atoms with van der Waals surface area (Å²) >= 11 is 0. The number of aromatic amines is 1. The Morgan fingerprint density at radius 1 is 0.837 bits per heavy atom. The molecule has 1 atom stereocenters. The van der Waals surface area contributed by atoms with Crippen molar-refractivity contribution < 1.29 is 9.59 Å². The monoisotopic (exact) mass is 574 g/mol. The molecule has 0 aliphatic heterocycles. The Morgan fingerprint density at radius 2 is 1.53 bits per heavy atom. The first-order chi connectivity index (χ1) is 20.4. The van der Waals surface area contributed by atoms with Gasteiger partial charge in [-0.05, 0) is 52.2 Å². The standard InChI is InChI=1S/C39H46N2O2/c1-8-9-10-14-21-34(43)41(37-29-19-15-16-20-32(29)40-35(37)26-17-12-11-13-18-26)36-28-23-22-27(38(2,3)4)24-30(28)33(42)25-31(36)39(5,6)7/h11-13,15-20,22-25,36,40H,8-10,14,21H2,1-7H3/t36-/m0/s1. The van der Waals surface area contributed by atoms with Crippen molar-refractivity contribution >= 4 is 28.3 Å². The fourth-order valence-electron chi connectivity index (χ4n) is 6.26. The van der Waals surface area contributed by atoms with Crippen molar-refractivity contribution in [2.45, 2.75) is 92.0 Å². The van der Waals surface area contributed by atoms with Gasteiger partial charge in [-0.1, -0.05) is 128 Å². The molecule has 0 saturated heterocycles. The van der Waals surface area contributed by atoms with E-state index in [-0.39, 0.29) is 22.5 Å². The Balaban J connectivity index is 1.81. The van der Waals surface area contributed by atoms with Crippen LogP contribution >= 0.6 is 0 Å². The van der Waals surface area contributed by atoms with Gasteiger partial charge in [-0.3, -0.25) is 14.5 Å². The van der Waals surface area contributed by atoms with Crippen LogP contribution in [0.5, 0.6) is 0 Å². The lowest BCUT2D eigenvalue weighted by molar-refractivity contribution is -0.119. The summed E-state index contributed by atoms with van der Waals surface area (Å²) in [6, 6.07) is 24.4. The van der Waals surface area contributed by atoms with Crippen molar-refractivity contribution in [1.29, 1.82) is 0 Å². The van der Waals surface area contributed by atoms with E-state index in [1.54, 1.807) is 0 Å². The van der Waals surface area contributed by atoms with Crippen LogP contribution in [0.15, 0.2) is 84.4 Å². The lowest BCUT2D eigenvalue weighted by Gasteiger charge is -2.42. The quantitative estimate of drug-likeness (QED) is 0.213. The number of allylic oxidation sites excluding steroid dienone is 1. The molecule has 0 radical (unpaired) electrons. The van der Waals surface area contributed by atoms with Crippen molar-refractivity contribution in [1.82, 2.24) is 4.98 Å². The molecule has 5 rings (SSSR count). The molecule has 1 N–H and O–H groups in total. The molecule has 0 saturated carbocycles. The van der Waals surface area contributed by atoms with Crippen LogP contribution in [-0.2, 0) is 10.2 Å². The van der Waals surface area contributed by atoms with E-state index in [4.69, 9.17) is 0 Å². The zero-order valence-corrected chi connectivity index (χ0v) is 26.9. The summed E-state index contributed by atoms with van der Waals surface area (Å²) in [6.45, 7) is 15.1. The molecule has 1 amide bonds. The molecule has 0 fully saturated rings. The third-order valence-electron chi connectivity index (χ3n) is 8.68. The predicted molar refractivity (Wildman–Crippen MR) is 180 cm³/mol. The van der Waals surface area contributed by atoms with Crippen molar-refractivity contribution in [2.75, 3.05) is 4.90 Å². The van der Waals surface area contributed by atoms with Crippen LogP contribution in [0.3, 0.4) is 0 Å². The summed E-state index contributed by atoms with van der Waals surface area (Å²) in [5, 5.41) is 1.00. The number of para-hydroxylation sites is 1. The largest absolute Gasteiger partial charge is 0.353 e. The molecule has 4 aromatic rings. The highest BCUT2D eigenvalue weighted by atomic mass is 16.2. The molecule has 3 aromatic carbocycles. The summed E-state index contributed by atoms with van der Waals surface area (Å²) in [7, 11) is 0. The number of nitrogens with one attached hydrogen (secondary N) is 1. The molecule has 1 aliphatic carbocycles. The van der Waals surface area contributed by atoms with Crippen LogP contribution in [-0.4, -0.2) is 16.7 Å². The Hall–Kier alpha value is -3.92. The number of anilines is 1. The molecule has 1 heterocycles. The van der Waals surface area contributed by atoms with Crippen molar-refractivity contribution in [3.8, 4) is 11.3 Å². The topological polar surface area (TPSA) is 53.2 Å². The number of carbonyl (C=O) groups is 2. The summed E-state index contributed by atoms with van der Waals surface area (Å²) in [5.74, 6) is 0.0956. The van der Waals surface area contributed by atoms with Gasteiger partial charge in [0.05, 0.1) is 17.4 Å². The number of ketones is 1. The smallest absolute Gasteiger partial charge is 0.227 e. The number of H-pyrrole nitrogens is 1. The first-order valence-corrected chi connectivity index (χ1v) is 15.8. The number of aromatic nitrogens is 1. The summed E-state index contributed by atoms with van der Waals surface area (Å²) < 4.78 is 0. The van der Waals surface area contributed by atoms with E-state index in [0.29, 0.717) is 12.0 Å². The molecule has 4 heteroatoms. The normalized spacial score (nSPS) is 15.4.